The van der Waals surface area contributed by atoms with Gasteiger partial charge >= 0.3 is 5.97 Å². The first-order chi connectivity index (χ1) is 12.6. The molecular weight excluding hydrogens is 330 g/mol. The van der Waals surface area contributed by atoms with E-state index in [9.17, 15) is 9.90 Å². The summed E-state index contributed by atoms with van der Waals surface area (Å²) in [5, 5.41) is 9.61. The maximum atomic E-state index is 12.2. The second kappa shape index (κ2) is 6.71. The zero-order chi connectivity index (χ0) is 18.3. The monoisotopic (exact) mass is 357 g/mol. The van der Waals surface area contributed by atoms with Gasteiger partial charge in [-0.05, 0) is 51.4 Å². The smallest absolute Gasteiger partial charge is 0.314 e. The van der Waals surface area contributed by atoms with Crippen LogP contribution in [0.4, 0.5) is 0 Å². The summed E-state index contributed by atoms with van der Waals surface area (Å²) in [6.45, 7) is 3.88. The highest BCUT2D eigenvalue weighted by atomic mass is 16.6. The summed E-state index contributed by atoms with van der Waals surface area (Å²) in [4.78, 5) is 14.5. The van der Waals surface area contributed by atoms with Crippen LogP contribution in [0.3, 0.4) is 0 Å². The number of benzene rings is 1. The van der Waals surface area contributed by atoms with Gasteiger partial charge in [0.1, 0.15) is 6.10 Å². The molecule has 1 unspecified atom stereocenters. The topological polar surface area (TPSA) is 59.0 Å². The number of aliphatic hydroxyl groups is 1. The Kier molecular flexibility index (Phi) is 4.53. The predicted molar refractivity (Wildman–Crippen MR) is 98.4 cm³/mol. The summed E-state index contributed by atoms with van der Waals surface area (Å²) in [7, 11) is 2.12. The number of aliphatic hydroxyl groups excluding tert-OH is 1. The molecule has 2 aliphatic heterocycles. The first kappa shape index (κ1) is 17.6. The molecule has 0 bridgehead atoms. The quantitative estimate of drug-likeness (QED) is 0.499. The van der Waals surface area contributed by atoms with Crippen molar-refractivity contribution >= 4 is 5.97 Å². The molecule has 4 rings (SSSR count). The summed E-state index contributed by atoms with van der Waals surface area (Å²) < 4.78 is 12.0. The third-order valence-electron chi connectivity index (χ3n) is 5.83. The average Bonchev–Trinajstić information content (AvgIpc) is 3.42. The molecule has 3 aliphatic rings. The number of esters is 1. The summed E-state index contributed by atoms with van der Waals surface area (Å²) >= 11 is 0. The zero-order valence-corrected chi connectivity index (χ0v) is 15.5. The molecule has 1 aromatic rings. The van der Waals surface area contributed by atoms with Gasteiger partial charge < -0.3 is 19.5 Å². The number of hydrogen-bond acceptors (Lipinski definition) is 5. The van der Waals surface area contributed by atoms with Crippen LogP contribution in [0, 0.1) is 5.92 Å². The van der Waals surface area contributed by atoms with Crippen molar-refractivity contribution in [2.75, 3.05) is 20.2 Å². The van der Waals surface area contributed by atoms with E-state index in [1.165, 1.54) is 5.56 Å². The van der Waals surface area contributed by atoms with Gasteiger partial charge in [-0.1, -0.05) is 18.2 Å². The van der Waals surface area contributed by atoms with Crippen molar-refractivity contribution in [3.63, 3.8) is 0 Å². The maximum absolute atomic E-state index is 12.2. The number of carbonyl (C=O) groups is 1. The standard InChI is InChI=1S/C21H27NO4/c1-3-9-21-10-11-22(2)13-15-6-7-16(25-20(24)14-4-5-14)19(18(15)21)26-17(21)8-12-23/h3,6-7,9,14,17,23H,4-5,8,10-13H2,1-2H3/b9-3-/t17?,21-/m0/s1. The molecule has 0 amide bonds. The number of allylic oxidation sites excluding steroid dienone is 1. The van der Waals surface area contributed by atoms with Crippen molar-refractivity contribution in [3.05, 3.63) is 35.4 Å². The molecule has 1 aliphatic carbocycles. The molecule has 2 heterocycles. The van der Waals surface area contributed by atoms with Crippen LogP contribution in [0.2, 0.25) is 0 Å². The van der Waals surface area contributed by atoms with E-state index in [2.05, 4.69) is 30.2 Å². The molecule has 140 valence electrons. The predicted octanol–water partition coefficient (Wildman–Crippen LogP) is 2.79. The van der Waals surface area contributed by atoms with Crippen LogP contribution in [0.1, 0.15) is 43.7 Å². The molecule has 0 radical (unpaired) electrons. The summed E-state index contributed by atoms with van der Waals surface area (Å²) in [6.07, 6.45) is 7.44. The number of nitrogens with zero attached hydrogens (tertiary/aromatic N) is 1. The van der Waals surface area contributed by atoms with Gasteiger partial charge in [0.25, 0.3) is 0 Å². The molecule has 26 heavy (non-hydrogen) atoms. The highest BCUT2D eigenvalue weighted by Gasteiger charge is 2.50. The van der Waals surface area contributed by atoms with Crippen LogP contribution >= 0.6 is 0 Å². The minimum atomic E-state index is -0.283. The summed E-state index contributed by atoms with van der Waals surface area (Å²) in [5.41, 5.74) is 2.07. The lowest BCUT2D eigenvalue weighted by atomic mass is 9.72. The van der Waals surface area contributed by atoms with E-state index in [1.807, 2.05) is 13.0 Å². The molecule has 1 N–H and O–H groups in total. The first-order valence-electron chi connectivity index (χ1n) is 9.57. The van der Waals surface area contributed by atoms with Crippen LogP contribution in [-0.2, 0) is 16.8 Å². The fourth-order valence-corrected chi connectivity index (χ4v) is 4.40. The van der Waals surface area contributed by atoms with E-state index in [0.29, 0.717) is 17.9 Å². The molecule has 1 fully saturated rings. The van der Waals surface area contributed by atoms with Gasteiger partial charge in [0.2, 0.25) is 0 Å². The molecule has 1 saturated carbocycles. The molecule has 0 spiro atoms. The molecule has 5 heteroatoms. The third kappa shape index (κ3) is 2.83. The lowest BCUT2D eigenvalue weighted by Crippen LogP contribution is -2.38. The highest BCUT2D eigenvalue weighted by molar-refractivity contribution is 5.78. The minimum Gasteiger partial charge on any atom is -0.485 e. The van der Waals surface area contributed by atoms with E-state index in [1.54, 1.807) is 0 Å². The highest BCUT2D eigenvalue weighted by Crippen LogP contribution is 2.54. The molecule has 5 nitrogen and oxygen atoms in total. The van der Waals surface area contributed by atoms with E-state index in [-0.39, 0.29) is 30.0 Å². The van der Waals surface area contributed by atoms with Crippen molar-refractivity contribution in [3.8, 4) is 11.5 Å². The molecule has 2 atom stereocenters. The van der Waals surface area contributed by atoms with Crippen LogP contribution in [0.5, 0.6) is 11.5 Å². The lowest BCUT2D eigenvalue weighted by Gasteiger charge is -2.31. The van der Waals surface area contributed by atoms with Crippen LogP contribution < -0.4 is 9.47 Å². The Labute approximate surface area is 154 Å². The van der Waals surface area contributed by atoms with E-state index >= 15 is 0 Å². The first-order valence-corrected chi connectivity index (χ1v) is 9.57. The van der Waals surface area contributed by atoms with Gasteiger partial charge in [0.15, 0.2) is 11.5 Å². The number of rotatable bonds is 5. The second-order valence-electron chi connectivity index (χ2n) is 7.77. The Morgan fingerprint density at radius 1 is 1.46 bits per heavy atom. The van der Waals surface area contributed by atoms with Crippen molar-refractivity contribution in [1.29, 1.82) is 0 Å². The van der Waals surface area contributed by atoms with Crippen molar-refractivity contribution < 1.29 is 19.4 Å². The van der Waals surface area contributed by atoms with E-state index < -0.39 is 0 Å². The largest absolute Gasteiger partial charge is 0.485 e. The normalized spacial score (nSPS) is 27.9. The fraction of sp³-hybridized carbons (Fsp3) is 0.571. The number of hydrogen-bond donors (Lipinski definition) is 1. The third-order valence-corrected chi connectivity index (χ3v) is 5.83. The van der Waals surface area contributed by atoms with Crippen molar-refractivity contribution in [2.45, 2.75) is 50.7 Å². The summed E-state index contributed by atoms with van der Waals surface area (Å²) in [5.74, 6) is 1.11. The summed E-state index contributed by atoms with van der Waals surface area (Å²) in [6, 6.07) is 3.94. The Hall–Kier alpha value is -1.85. The fourth-order valence-electron chi connectivity index (χ4n) is 4.40. The Morgan fingerprint density at radius 3 is 2.96 bits per heavy atom. The van der Waals surface area contributed by atoms with Gasteiger partial charge in [-0.3, -0.25) is 4.79 Å². The molecular formula is C21H27NO4. The van der Waals surface area contributed by atoms with Gasteiger partial charge in [-0.25, -0.2) is 0 Å². The van der Waals surface area contributed by atoms with Crippen LogP contribution in [0.15, 0.2) is 24.3 Å². The van der Waals surface area contributed by atoms with E-state index in [4.69, 9.17) is 9.47 Å². The second-order valence-corrected chi connectivity index (χ2v) is 7.77. The Bertz CT molecular complexity index is 740. The zero-order valence-electron chi connectivity index (χ0n) is 15.5. The molecule has 0 aromatic heterocycles. The van der Waals surface area contributed by atoms with Crippen LogP contribution in [0.25, 0.3) is 0 Å². The van der Waals surface area contributed by atoms with Crippen LogP contribution in [-0.4, -0.2) is 42.3 Å². The van der Waals surface area contributed by atoms with Crippen molar-refractivity contribution in [1.82, 2.24) is 4.90 Å². The Balaban J connectivity index is 1.83. The molecule has 1 aromatic carbocycles. The SMILES string of the molecule is C/C=C\[C@@]12CCN(C)Cc3ccc(OC(=O)C4CC4)c(c31)OC2CCO. The van der Waals surface area contributed by atoms with Crippen molar-refractivity contribution in [2.24, 2.45) is 5.92 Å². The number of ether oxygens (including phenoxy) is 2. The minimum absolute atomic E-state index is 0.0436. The maximum Gasteiger partial charge on any atom is 0.314 e. The van der Waals surface area contributed by atoms with Gasteiger partial charge in [0.05, 0.1) is 11.3 Å². The van der Waals surface area contributed by atoms with Gasteiger partial charge in [0, 0.05) is 25.1 Å². The number of carbonyl (C=O) groups excluding carboxylic acids is 1. The average molecular weight is 357 g/mol. The van der Waals surface area contributed by atoms with E-state index in [0.717, 1.165) is 37.9 Å². The van der Waals surface area contributed by atoms with Gasteiger partial charge in [-0.15, -0.1) is 0 Å². The lowest BCUT2D eigenvalue weighted by molar-refractivity contribution is -0.135. The Morgan fingerprint density at radius 2 is 2.27 bits per heavy atom. The van der Waals surface area contributed by atoms with Gasteiger partial charge in [-0.2, -0.15) is 0 Å². The molecule has 0 saturated heterocycles.